The van der Waals surface area contributed by atoms with E-state index in [-0.39, 0.29) is 11.7 Å². The number of pyridine rings is 1. The van der Waals surface area contributed by atoms with Gasteiger partial charge in [-0.3, -0.25) is 4.79 Å². The molecule has 5 heteroatoms. The molecule has 21 heavy (non-hydrogen) atoms. The Bertz CT molecular complexity index is 806. The number of hydrogen-bond donors (Lipinski definition) is 0. The molecular weight excluding hydrogens is 269 g/mol. The summed E-state index contributed by atoms with van der Waals surface area (Å²) >= 11 is 0. The SMILES string of the molecule is CN(C)C(=O)c1cccc2cc(-c3ccc(F)cc3)nn12. The lowest BCUT2D eigenvalue weighted by Gasteiger charge is -2.10. The molecule has 0 aliphatic carbocycles. The fourth-order valence-corrected chi connectivity index (χ4v) is 2.17. The number of benzene rings is 1. The van der Waals surface area contributed by atoms with E-state index in [2.05, 4.69) is 5.10 Å². The van der Waals surface area contributed by atoms with Gasteiger partial charge in [0.25, 0.3) is 5.91 Å². The first-order valence-corrected chi connectivity index (χ1v) is 6.52. The summed E-state index contributed by atoms with van der Waals surface area (Å²) in [6, 6.07) is 13.4. The molecule has 106 valence electrons. The van der Waals surface area contributed by atoms with E-state index >= 15 is 0 Å². The van der Waals surface area contributed by atoms with Gasteiger partial charge in [0.05, 0.1) is 11.2 Å². The number of rotatable bonds is 2. The van der Waals surface area contributed by atoms with E-state index in [1.807, 2.05) is 18.2 Å². The van der Waals surface area contributed by atoms with Crippen LogP contribution in [-0.2, 0) is 0 Å². The molecule has 0 fully saturated rings. The first-order chi connectivity index (χ1) is 10.1. The zero-order valence-electron chi connectivity index (χ0n) is 11.7. The molecule has 3 aromatic rings. The zero-order chi connectivity index (χ0) is 15.0. The standard InChI is InChI=1S/C16H14FN3O/c1-19(2)16(21)15-5-3-4-13-10-14(18-20(13)15)11-6-8-12(17)9-7-11/h3-10H,1-2H3. The van der Waals surface area contributed by atoms with Crippen LogP contribution in [0.1, 0.15) is 10.5 Å². The molecule has 0 saturated carbocycles. The van der Waals surface area contributed by atoms with E-state index in [0.717, 1.165) is 11.1 Å². The lowest BCUT2D eigenvalue weighted by molar-refractivity contribution is 0.0819. The fraction of sp³-hybridized carbons (Fsp3) is 0.125. The molecular formula is C16H14FN3O. The van der Waals surface area contributed by atoms with Crippen molar-refractivity contribution in [3.8, 4) is 11.3 Å². The van der Waals surface area contributed by atoms with Crippen molar-refractivity contribution in [3.63, 3.8) is 0 Å². The summed E-state index contributed by atoms with van der Waals surface area (Å²) < 4.78 is 14.6. The average Bonchev–Trinajstić information content (AvgIpc) is 2.90. The van der Waals surface area contributed by atoms with Crippen molar-refractivity contribution >= 4 is 11.4 Å². The largest absolute Gasteiger partial charge is 0.343 e. The van der Waals surface area contributed by atoms with Gasteiger partial charge in [-0.15, -0.1) is 0 Å². The first-order valence-electron chi connectivity index (χ1n) is 6.52. The van der Waals surface area contributed by atoms with E-state index in [1.165, 1.54) is 17.0 Å². The first kappa shape index (κ1) is 13.3. The van der Waals surface area contributed by atoms with Gasteiger partial charge in [0.1, 0.15) is 11.5 Å². The van der Waals surface area contributed by atoms with Crippen LogP contribution in [0.5, 0.6) is 0 Å². The molecule has 1 aromatic carbocycles. The van der Waals surface area contributed by atoms with Gasteiger partial charge in [0.15, 0.2) is 0 Å². The Hall–Kier alpha value is -2.69. The smallest absolute Gasteiger partial charge is 0.272 e. The number of aromatic nitrogens is 2. The lowest BCUT2D eigenvalue weighted by atomic mass is 10.1. The molecule has 0 unspecified atom stereocenters. The third-order valence-electron chi connectivity index (χ3n) is 3.25. The molecule has 0 aliphatic heterocycles. The number of carbonyl (C=O) groups excluding carboxylic acids is 1. The third kappa shape index (κ3) is 2.38. The second-order valence-electron chi connectivity index (χ2n) is 4.98. The molecule has 0 bridgehead atoms. The van der Waals surface area contributed by atoms with E-state index < -0.39 is 0 Å². The monoisotopic (exact) mass is 283 g/mol. The number of nitrogens with zero attached hydrogens (tertiary/aromatic N) is 3. The Kier molecular flexibility index (Phi) is 3.17. The summed E-state index contributed by atoms with van der Waals surface area (Å²) in [7, 11) is 3.40. The Labute approximate surface area is 121 Å². The number of halogens is 1. The minimum Gasteiger partial charge on any atom is -0.343 e. The Balaban J connectivity index is 2.14. The highest BCUT2D eigenvalue weighted by atomic mass is 19.1. The maximum absolute atomic E-state index is 13.0. The molecule has 1 amide bonds. The van der Waals surface area contributed by atoms with Crippen LogP contribution in [-0.4, -0.2) is 34.5 Å². The van der Waals surface area contributed by atoms with Crippen molar-refractivity contribution in [1.29, 1.82) is 0 Å². The van der Waals surface area contributed by atoms with Crippen LogP contribution < -0.4 is 0 Å². The van der Waals surface area contributed by atoms with Gasteiger partial charge in [-0.1, -0.05) is 6.07 Å². The quantitative estimate of drug-likeness (QED) is 0.725. The van der Waals surface area contributed by atoms with Gasteiger partial charge < -0.3 is 4.90 Å². The molecule has 0 spiro atoms. The summed E-state index contributed by atoms with van der Waals surface area (Å²) in [6.45, 7) is 0. The Morgan fingerprint density at radius 2 is 1.86 bits per heavy atom. The Morgan fingerprint density at radius 3 is 2.52 bits per heavy atom. The average molecular weight is 283 g/mol. The highest BCUT2D eigenvalue weighted by molar-refractivity contribution is 5.93. The van der Waals surface area contributed by atoms with Crippen LogP contribution in [0.4, 0.5) is 4.39 Å². The highest BCUT2D eigenvalue weighted by Crippen LogP contribution is 2.21. The predicted octanol–water partition coefficient (Wildman–Crippen LogP) is 2.84. The van der Waals surface area contributed by atoms with Crippen LogP contribution in [0.3, 0.4) is 0 Å². The lowest BCUT2D eigenvalue weighted by Crippen LogP contribution is -2.24. The zero-order valence-corrected chi connectivity index (χ0v) is 11.7. The Morgan fingerprint density at radius 1 is 1.14 bits per heavy atom. The number of hydrogen-bond acceptors (Lipinski definition) is 2. The van der Waals surface area contributed by atoms with E-state index in [0.29, 0.717) is 11.4 Å². The third-order valence-corrected chi connectivity index (χ3v) is 3.25. The van der Waals surface area contributed by atoms with Gasteiger partial charge in [-0.2, -0.15) is 5.10 Å². The van der Waals surface area contributed by atoms with Crippen LogP contribution >= 0.6 is 0 Å². The molecule has 2 aromatic heterocycles. The molecule has 2 heterocycles. The molecule has 3 rings (SSSR count). The summed E-state index contributed by atoms with van der Waals surface area (Å²) in [5.74, 6) is -0.402. The van der Waals surface area contributed by atoms with Crippen molar-refractivity contribution in [1.82, 2.24) is 14.5 Å². The van der Waals surface area contributed by atoms with E-state index in [4.69, 9.17) is 0 Å². The summed E-state index contributed by atoms with van der Waals surface area (Å²) in [6.07, 6.45) is 0. The van der Waals surface area contributed by atoms with Gasteiger partial charge in [0.2, 0.25) is 0 Å². The van der Waals surface area contributed by atoms with E-state index in [9.17, 15) is 9.18 Å². The normalized spacial score (nSPS) is 10.8. The van der Waals surface area contributed by atoms with Gasteiger partial charge in [0, 0.05) is 19.7 Å². The fourth-order valence-electron chi connectivity index (χ4n) is 2.17. The maximum atomic E-state index is 13.0. The molecule has 0 saturated heterocycles. The number of fused-ring (bicyclic) bond motifs is 1. The summed E-state index contributed by atoms with van der Waals surface area (Å²) in [5, 5.41) is 4.46. The van der Waals surface area contributed by atoms with Gasteiger partial charge >= 0.3 is 0 Å². The highest BCUT2D eigenvalue weighted by Gasteiger charge is 2.14. The number of amides is 1. The van der Waals surface area contributed by atoms with Crippen LogP contribution in [0.2, 0.25) is 0 Å². The molecule has 0 radical (unpaired) electrons. The van der Waals surface area contributed by atoms with Crippen LogP contribution in [0.15, 0.2) is 48.5 Å². The second kappa shape index (κ2) is 5.01. The molecule has 0 aliphatic rings. The molecule has 0 N–H and O–H groups in total. The van der Waals surface area contributed by atoms with Crippen LogP contribution in [0, 0.1) is 5.82 Å². The number of carbonyl (C=O) groups is 1. The van der Waals surface area contributed by atoms with E-state index in [1.54, 1.807) is 36.8 Å². The maximum Gasteiger partial charge on any atom is 0.272 e. The van der Waals surface area contributed by atoms with Crippen molar-refractivity contribution in [2.24, 2.45) is 0 Å². The van der Waals surface area contributed by atoms with Gasteiger partial charge in [-0.25, -0.2) is 8.91 Å². The molecule has 4 nitrogen and oxygen atoms in total. The van der Waals surface area contributed by atoms with Gasteiger partial charge in [-0.05, 0) is 42.5 Å². The summed E-state index contributed by atoms with van der Waals surface area (Å²) in [5.41, 5.74) is 2.82. The second-order valence-corrected chi connectivity index (χ2v) is 4.98. The minimum atomic E-state index is -0.286. The predicted molar refractivity (Wildman–Crippen MR) is 78.6 cm³/mol. The van der Waals surface area contributed by atoms with Crippen molar-refractivity contribution in [2.45, 2.75) is 0 Å². The van der Waals surface area contributed by atoms with Crippen molar-refractivity contribution < 1.29 is 9.18 Å². The van der Waals surface area contributed by atoms with Crippen LogP contribution in [0.25, 0.3) is 16.8 Å². The topological polar surface area (TPSA) is 37.6 Å². The molecule has 0 atom stereocenters. The summed E-state index contributed by atoms with van der Waals surface area (Å²) in [4.78, 5) is 13.7. The minimum absolute atomic E-state index is 0.116. The van der Waals surface area contributed by atoms with Crippen molar-refractivity contribution in [3.05, 3.63) is 60.0 Å². The van der Waals surface area contributed by atoms with Crippen molar-refractivity contribution in [2.75, 3.05) is 14.1 Å².